The lowest BCUT2D eigenvalue weighted by atomic mass is 10.1. The van der Waals surface area contributed by atoms with Crippen LogP contribution < -0.4 is 10.2 Å². The van der Waals surface area contributed by atoms with Crippen LogP contribution in [0.2, 0.25) is 0 Å². The summed E-state index contributed by atoms with van der Waals surface area (Å²) in [5.41, 5.74) is 3.43. The van der Waals surface area contributed by atoms with Crippen molar-refractivity contribution in [1.82, 2.24) is 5.32 Å². The fourth-order valence-corrected chi connectivity index (χ4v) is 2.43. The lowest BCUT2D eigenvalue weighted by Crippen LogP contribution is -2.43. The molecule has 1 aliphatic heterocycles. The van der Waals surface area contributed by atoms with Crippen molar-refractivity contribution >= 4 is 5.69 Å². The van der Waals surface area contributed by atoms with Crippen LogP contribution in [0.1, 0.15) is 0 Å². The third-order valence-corrected chi connectivity index (χ3v) is 3.53. The summed E-state index contributed by atoms with van der Waals surface area (Å²) in [6.07, 6.45) is 0. The lowest BCUT2D eigenvalue weighted by molar-refractivity contribution is 0.589. The first kappa shape index (κ1) is 12.2. The van der Waals surface area contributed by atoms with E-state index in [0.717, 1.165) is 37.3 Å². The average molecular weight is 256 g/mol. The van der Waals surface area contributed by atoms with Crippen molar-refractivity contribution < 1.29 is 4.39 Å². The topological polar surface area (TPSA) is 15.3 Å². The molecule has 0 atom stereocenters. The smallest absolute Gasteiger partial charge is 0.123 e. The molecule has 2 aromatic rings. The normalized spacial score (nSPS) is 15.5. The molecule has 1 aliphatic rings. The zero-order chi connectivity index (χ0) is 13.1. The van der Waals surface area contributed by atoms with Crippen molar-refractivity contribution in [2.24, 2.45) is 0 Å². The van der Waals surface area contributed by atoms with E-state index in [2.05, 4.69) is 34.5 Å². The number of hydrogen-bond acceptors (Lipinski definition) is 2. The number of hydrogen-bond donors (Lipinski definition) is 1. The maximum atomic E-state index is 12.9. The van der Waals surface area contributed by atoms with Crippen LogP contribution in [0.15, 0.2) is 48.5 Å². The Morgan fingerprint density at radius 3 is 1.89 bits per heavy atom. The largest absolute Gasteiger partial charge is 0.369 e. The Kier molecular flexibility index (Phi) is 3.47. The van der Waals surface area contributed by atoms with E-state index in [1.165, 1.54) is 17.8 Å². The monoisotopic (exact) mass is 256 g/mol. The van der Waals surface area contributed by atoms with Gasteiger partial charge in [-0.2, -0.15) is 0 Å². The van der Waals surface area contributed by atoms with Crippen molar-refractivity contribution in [3.05, 3.63) is 54.3 Å². The van der Waals surface area contributed by atoms with Gasteiger partial charge < -0.3 is 10.2 Å². The van der Waals surface area contributed by atoms with Crippen LogP contribution in [0.5, 0.6) is 0 Å². The van der Waals surface area contributed by atoms with Gasteiger partial charge in [0.15, 0.2) is 0 Å². The van der Waals surface area contributed by atoms with Crippen molar-refractivity contribution in [3.8, 4) is 11.1 Å². The molecule has 0 radical (unpaired) electrons. The Hall–Kier alpha value is -1.87. The number of halogens is 1. The minimum atomic E-state index is -0.193. The molecular formula is C16H17FN2. The summed E-state index contributed by atoms with van der Waals surface area (Å²) in [7, 11) is 0. The molecule has 1 saturated heterocycles. The van der Waals surface area contributed by atoms with E-state index in [1.54, 1.807) is 0 Å². The Balaban J connectivity index is 1.80. The Labute approximate surface area is 112 Å². The highest BCUT2D eigenvalue weighted by molar-refractivity contribution is 5.66. The molecule has 2 aromatic carbocycles. The van der Waals surface area contributed by atoms with E-state index in [4.69, 9.17) is 0 Å². The summed E-state index contributed by atoms with van der Waals surface area (Å²) in [6, 6.07) is 15.1. The molecule has 0 saturated carbocycles. The van der Waals surface area contributed by atoms with Crippen LogP contribution in [0.25, 0.3) is 11.1 Å². The maximum Gasteiger partial charge on any atom is 0.123 e. The second kappa shape index (κ2) is 5.41. The van der Waals surface area contributed by atoms with Crippen LogP contribution >= 0.6 is 0 Å². The third kappa shape index (κ3) is 2.76. The first-order valence-corrected chi connectivity index (χ1v) is 6.64. The summed E-state index contributed by atoms with van der Waals surface area (Å²) in [6.45, 7) is 4.19. The van der Waals surface area contributed by atoms with Gasteiger partial charge in [0, 0.05) is 31.9 Å². The fourth-order valence-electron chi connectivity index (χ4n) is 2.43. The van der Waals surface area contributed by atoms with Crippen molar-refractivity contribution in [3.63, 3.8) is 0 Å². The highest BCUT2D eigenvalue weighted by Crippen LogP contribution is 2.23. The highest BCUT2D eigenvalue weighted by Gasteiger charge is 2.10. The summed E-state index contributed by atoms with van der Waals surface area (Å²) < 4.78 is 12.9. The average Bonchev–Trinajstić information content (AvgIpc) is 2.49. The second-order valence-electron chi connectivity index (χ2n) is 4.79. The van der Waals surface area contributed by atoms with E-state index < -0.39 is 0 Å². The zero-order valence-electron chi connectivity index (χ0n) is 10.8. The predicted molar refractivity (Wildman–Crippen MR) is 76.9 cm³/mol. The van der Waals surface area contributed by atoms with E-state index in [0.29, 0.717) is 0 Å². The van der Waals surface area contributed by atoms with Gasteiger partial charge in [0.05, 0.1) is 0 Å². The van der Waals surface area contributed by atoms with E-state index in [9.17, 15) is 4.39 Å². The molecule has 2 nitrogen and oxygen atoms in total. The molecule has 0 spiro atoms. The summed E-state index contributed by atoms with van der Waals surface area (Å²) in [5.74, 6) is -0.193. The molecule has 1 fully saturated rings. The van der Waals surface area contributed by atoms with Crippen molar-refractivity contribution in [2.75, 3.05) is 31.1 Å². The van der Waals surface area contributed by atoms with Crippen LogP contribution in [-0.2, 0) is 0 Å². The molecular weight excluding hydrogens is 239 g/mol. The standard InChI is InChI=1S/C16H17FN2/c17-15-5-1-13(2-6-15)14-3-7-16(8-4-14)19-11-9-18-10-12-19/h1-8,18H,9-12H2. The molecule has 0 unspecified atom stereocenters. The lowest BCUT2D eigenvalue weighted by Gasteiger charge is -2.29. The van der Waals surface area contributed by atoms with E-state index >= 15 is 0 Å². The molecule has 3 rings (SSSR count). The van der Waals surface area contributed by atoms with Gasteiger partial charge in [-0.1, -0.05) is 24.3 Å². The van der Waals surface area contributed by atoms with Crippen LogP contribution in [-0.4, -0.2) is 26.2 Å². The van der Waals surface area contributed by atoms with Gasteiger partial charge in [-0.3, -0.25) is 0 Å². The number of nitrogens with one attached hydrogen (secondary N) is 1. The van der Waals surface area contributed by atoms with Crippen LogP contribution in [0.3, 0.4) is 0 Å². The number of benzene rings is 2. The molecule has 98 valence electrons. The van der Waals surface area contributed by atoms with E-state index in [1.807, 2.05) is 12.1 Å². The molecule has 1 heterocycles. The highest BCUT2D eigenvalue weighted by atomic mass is 19.1. The van der Waals surface area contributed by atoms with Gasteiger partial charge in [-0.05, 0) is 35.4 Å². The minimum absolute atomic E-state index is 0.193. The van der Waals surface area contributed by atoms with Crippen molar-refractivity contribution in [2.45, 2.75) is 0 Å². The number of anilines is 1. The van der Waals surface area contributed by atoms with Gasteiger partial charge in [0.1, 0.15) is 5.82 Å². The number of rotatable bonds is 2. The summed E-state index contributed by atoms with van der Waals surface area (Å²) in [5, 5.41) is 3.35. The van der Waals surface area contributed by atoms with Gasteiger partial charge in [-0.15, -0.1) is 0 Å². The second-order valence-corrected chi connectivity index (χ2v) is 4.79. The van der Waals surface area contributed by atoms with E-state index in [-0.39, 0.29) is 5.82 Å². The first-order valence-electron chi connectivity index (χ1n) is 6.64. The summed E-state index contributed by atoms with van der Waals surface area (Å²) in [4.78, 5) is 2.38. The number of piperazine rings is 1. The maximum absolute atomic E-state index is 12.9. The predicted octanol–water partition coefficient (Wildman–Crippen LogP) is 2.90. The number of nitrogens with zero attached hydrogens (tertiary/aromatic N) is 1. The van der Waals surface area contributed by atoms with Gasteiger partial charge in [0.25, 0.3) is 0 Å². The minimum Gasteiger partial charge on any atom is -0.369 e. The Morgan fingerprint density at radius 1 is 0.789 bits per heavy atom. The third-order valence-electron chi connectivity index (χ3n) is 3.53. The molecule has 0 aromatic heterocycles. The van der Waals surface area contributed by atoms with Gasteiger partial charge >= 0.3 is 0 Å². The Bertz CT molecular complexity index is 528. The fraction of sp³-hybridized carbons (Fsp3) is 0.250. The molecule has 1 N–H and O–H groups in total. The van der Waals surface area contributed by atoms with Crippen molar-refractivity contribution in [1.29, 1.82) is 0 Å². The van der Waals surface area contributed by atoms with Gasteiger partial charge in [0.2, 0.25) is 0 Å². The molecule has 3 heteroatoms. The quantitative estimate of drug-likeness (QED) is 0.888. The molecule has 0 bridgehead atoms. The molecule has 0 aliphatic carbocycles. The van der Waals surface area contributed by atoms with Crippen LogP contribution in [0, 0.1) is 5.82 Å². The SMILES string of the molecule is Fc1ccc(-c2ccc(N3CCNCC3)cc2)cc1. The Morgan fingerprint density at radius 2 is 1.32 bits per heavy atom. The zero-order valence-corrected chi connectivity index (χ0v) is 10.8. The molecule has 0 amide bonds. The molecule has 19 heavy (non-hydrogen) atoms. The summed E-state index contributed by atoms with van der Waals surface area (Å²) >= 11 is 0. The van der Waals surface area contributed by atoms with Gasteiger partial charge in [-0.25, -0.2) is 4.39 Å². The first-order chi connectivity index (χ1) is 9.33. The van der Waals surface area contributed by atoms with Crippen LogP contribution in [0.4, 0.5) is 10.1 Å².